The highest BCUT2D eigenvalue weighted by Gasteiger charge is 2.08. The first-order valence-electron chi connectivity index (χ1n) is 6.03. The molecule has 0 aliphatic carbocycles. The minimum atomic E-state index is 0.455. The number of nitrogens with zero attached hydrogens (tertiary/aromatic N) is 1. The molecule has 0 saturated heterocycles. The summed E-state index contributed by atoms with van der Waals surface area (Å²) < 4.78 is 8.07. The molecule has 0 amide bonds. The average Bonchev–Trinajstić information content (AvgIpc) is 2.72. The van der Waals surface area contributed by atoms with Crippen molar-refractivity contribution in [1.82, 2.24) is 9.55 Å². The van der Waals surface area contributed by atoms with Crippen LogP contribution in [0.1, 0.15) is 31.0 Å². The van der Waals surface area contributed by atoms with E-state index in [1.165, 1.54) is 11.3 Å². The van der Waals surface area contributed by atoms with Gasteiger partial charge in [-0.3, -0.25) is 0 Å². The van der Waals surface area contributed by atoms with Crippen LogP contribution in [-0.4, -0.2) is 16.7 Å². The average molecular weight is 262 g/mol. The molecule has 1 heterocycles. The molecule has 0 radical (unpaired) electrons. The Balaban J connectivity index is 2.27. The third-order valence-corrected chi connectivity index (χ3v) is 3.33. The molecule has 2 aromatic rings. The van der Waals surface area contributed by atoms with Gasteiger partial charge in [-0.05, 0) is 35.8 Å². The Labute approximate surface area is 112 Å². The smallest absolute Gasteiger partial charge is 0.177 e. The lowest BCUT2D eigenvalue weighted by molar-refractivity contribution is 0.414. The van der Waals surface area contributed by atoms with E-state index in [1.54, 1.807) is 7.11 Å². The molecule has 0 atom stereocenters. The second-order valence-corrected chi connectivity index (χ2v) is 4.99. The SMILES string of the molecule is COc1ccc(Cn2c(C(C)C)c[nH]c2=S)cc1. The molecule has 18 heavy (non-hydrogen) atoms. The van der Waals surface area contributed by atoms with Crippen molar-refractivity contribution in [3.8, 4) is 5.75 Å². The van der Waals surface area contributed by atoms with Crippen molar-refractivity contribution < 1.29 is 4.74 Å². The lowest BCUT2D eigenvalue weighted by Gasteiger charge is -2.11. The number of H-pyrrole nitrogens is 1. The molecule has 1 aromatic carbocycles. The van der Waals surface area contributed by atoms with Crippen molar-refractivity contribution in [3.05, 3.63) is 46.5 Å². The Morgan fingerprint density at radius 3 is 2.50 bits per heavy atom. The van der Waals surface area contributed by atoms with Crippen LogP contribution in [0.4, 0.5) is 0 Å². The number of hydrogen-bond donors (Lipinski definition) is 1. The Morgan fingerprint density at radius 2 is 1.94 bits per heavy atom. The van der Waals surface area contributed by atoms with Crippen LogP contribution in [0, 0.1) is 4.77 Å². The number of ether oxygens (including phenoxy) is 1. The van der Waals surface area contributed by atoms with E-state index >= 15 is 0 Å². The van der Waals surface area contributed by atoms with Gasteiger partial charge in [0, 0.05) is 11.9 Å². The van der Waals surface area contributed by atoms with Crippen molar-refractivity contribution in [2.24, 2.45) is 0 Å². The second kappa shape index (κ2) is 5.40. The van der Waals surface area contributed by atoms with E-state index < -0.39 is 0 Å². The molecule has 0 fully saturated rings. The fourth-order valence-electron chi connectivity index (χ4n) is 1.96. The van der Waals surface area contributed by atoms with Crippen LogP contribution in [0.15, 0.2) is 30.5 Å². The molecule has 0 aliphatic heterocycles. The molecule has 3 nitrogen and oxygen atoms in total. The van der Waals surface area contributed by atoms with E-state index in [2.05, 4.69) is 35.5 Å². The fraction of sp³-hybridized carbons (Fsp3) is 0.357. The van der Waals surface area contributed by atoms with Crippen LogP contribution < -0.4 is 4.74 Å². The van der Waals surface area contributed by atoms with E-state index in [9.17, 15) is 0 Å². The minimum Gasteiger partial charge on any atom is -0.497 e. The highest BCUT2D eigenvalue weighted by Crippen LogP contribution is 2.18. The van der Waals surface area contributed by atoms with Gasteiger partial charge in [0.05, 0.1) is 13.7 Å². The van der Waals surface area contributed by atoms with Crippen LogP contribution in [0.25, 0.3) is 0 Å². The van der Waals surface area contributed by atoms with Crippen LogP contribution in [0.5, 0.6) is 5.75 Å². The zero-order valence-electron chi connectivity index (χ0n) is 10.9. The lowest BCUT2D eigenvalue weighted by Crippen LogP contribution is -2.05. The molecule has 96 valence electrons. The third kappa shape index (κ3) is 2.64. The summed E-state index contributed by atoms with van der Waals surface area (Å²) in [5, 5.41) is 0. The molecular formula is C14H18N2OS. The summed E-state index contributed by atoms with van der Waals surface area (Å²) in [6, 6.07) is 8.08. The van der Waals surface area contributed by atoms with Gasteiger partial charge >= 0.3 is 0 Å². The Kier molecular flexibility index (Phi) is 3.87. The molecule has 0 spiro atoms. The zero-order valence-corrected chi connectivity index (χ0v) is 11.8. The van der Waals surface area contributed by atoms with Crippen LogP contribution >= 0.6 is 12.2 Å². The molecule has 4 heteroatoms. The van der Waals surface area contributed by atoms with Gasteiger partial charge in [0.25, 0.3) is 0 Å². The molecule has 0 unspecified atom stereocenters. The summed E-state index contributed by atoms with van der Waals surface area (Å²) in [4.78, 5) is 3.11. The van der Waals surface area contributed by atoms with Crippen LogP contribution in [0.3, 0.4) is 0 Å². The maximum atomic E-state index is 5.32. The van der Waals surface area contributed by atoms with Crippen molar-refractivity contribution >= 4 is 12.2 Å². The number of imidazole rings is 1. The summed E-state index contributed by atoms with van der Waals surface area (Å²) in [6.07, 6.45) is 2.00. The summed E-state index contributed by atoms with van der Waals surface area (Å²) in [5.41, 5.74) is 2.45. The highest BCUT2D eigenvalue weighted by atomic mass is 32.1. The van der Waals surface area contributed by atoms with E-state index in [-0.39, 0.29) is 0 Å². The monoisotopic (exact) mass is 262 g/mol. The van der Waals surface area contributed by atoms with Gasteiger partial charge in [-0.2, -0.15) is 0 Å². The first-order chi connectivity index (χ1) is 8.61. The van der Waals surface area contributed by atoms with Crippen molar-refractivity contribution in [3.63, 3.8) is 0 Å². The Morgan fingerprint density at radius 1 is 1.28 bits per heavy atom. The standard InChI is InChI=1S/C14H18N2OS/c1-10(2)13-8-15-14(18)16(13)9-11-4-6-12(17-3)7-5-11/h4-8,10H,9H2,1-3H3,(H,15,18). The van der Waals surface area contributed by atoms with Gasteiger partial charge in [0.15, 0.2) is 4.77 Å². The minimum absolute atomic E-state index is 0.455. The first-order valence-corrected chi connectivity index (χ1v) is 6.43. The predicted molar refractivity (Wildman–Crippen MR) is 75.8 cm³/mol. The highest BCUT2D eigenvalue weighted by molar-refractivity contribution is 7.71. The summed E-state index contributed by atoms with van der Waals surface area (Å²) in [5.74, 6) is 1.33. The number of aromatic nitrogens is 2. The lowest BCUT2D eigenvalue weighted by atomic mass is 10.1. The number of nitrogens with one attached hydrogen (secondary N) is 1. The molecule has 0 aliphatic rings. The fourth-order valence-corrected chi connectivity index (χ4v) is 2.19. The third-order valence-electron chi connectivity index (χ3n) is 2.99. The van der Waals surface area contributed by atoms with Gasteiger partial charge in [0.2, 0.25) is 0 Å². The summed E-state index contributed by atoms with van der Waals surface area (Å²) in [6.45, 7) is 5.13. The molecular weight excluding hydrogens is 244 g/mol. The van der Waals surface area contributed by atoms with Crippen LogP contribution in [0.2, 0.25) is 0 Å². The number of methoxy groups -OCH3 is 1. The van der Waals surface area contributed by atoms with Gasteiger partial charge < -0.3 is 14.3 Å². The van der Waals surface area contributed by atoms with Crippen molar-refractivity contribution in [1.29, 1.82) is 0 Å². The normalized spacial score (nSPS) is 10.9. The number of benzene rings is 1. The van der Waals surface area contributed by atoms with Crippen molar-refractivity contribution in [2.75, 3.05) is 7.11 Å². The molecule has 0 saturated carbocycles. The van der Waals surface area contributed by atoms with Gasteiger partial charge in [-0.25, -0.2) is 0 Å². The summed E-state index contributed by atoms with van der Waals surface area (Å²) in [7, 11) is 1.67. The number of rotatable bonds is 4. The topological polar surface area (TPSA) is 29.9 Å². The second-order valence-electron chi connectivity index (χ2n) is 4.61. The zero-order chi connectivity index (χ0) is 13.1. The predicted octanol–water partition coefficient (Wildman–Crippen LogP) is 3.73. The van der Waals surface area contributed by atoms with E-state index in [1.807, 2.05) is 18.3 Å². The van der Waals surface area contributed by atoms with Gasteiger partial charge in [-0.1, -0.05) is 26.0 Å². The quantitative estimate of drug-likeness (QED) is 0.851. The van der Waals surface area contributed by atoms with Crippen molar-refractivity contribution in [2.45, 2.75) is 26.3 Å². The largest absolute Gasteiger partial charge is 0.497 e. The van der Waals surface area contributed by atoms with Gasteiger partial charge in [-0.15, -0.1) is 0 Å². The molecule has 0 bridgehead atoms. The number of hydrogen-bond acceptors (Lipinski definition) is 2. The summed E-state index contributed by atoms with van der Waals surface area (Å²) >= 11 is 5.32. The van der Waals surface area contributed by atoms with E-state index in [4.69, 9.17) is 17.0 Å². The Bertz CT molecular complexity index is 566. The molecule has 1 aromatic heterocycles. The van der Waals surface area contributed by atoms with E-state index in [0.717, 1.165) is 17.1 Å². The Hall–Kier alpha value is -1.55. The van der Waals surface area contributed by atoms with Gasteiger partial charge in [0.1, 0.15) is 5.75 Å². The maximum absolute atomic E-state index is 5.32. The first kappa shape index (κ1) is 12.9. The maximum Gasteiger partial charge on any atom is 0.177 e. The molecule has 2 rings (SSSR count). The van der Waals surface area contributed by atoms with Crippen LogP contribution in [-0.2, 0) is 6.54 Å². The van der Waals surface area contributed by atoms with E-state index in [0.29, 0.717) is 5.92 Å². The molecule has 1 N–H and O–H groups in total. The number of aromatic amines is 1.